The van der Waals surface area contributed by atoms with Crippen molar-refractivity contribution in [3.8, 4) is 0 Å². The van der Waals surface area contributed by atoms with Crippen molar-refractivity contribution in [2.75, 3.05) is 18.1 Å². The predicted octanol–water partition coefficient (Wildman–Crippen LogP) is 5.33. The molecule has 1 atom stereocenters. The highest BCUT2D eigenvalue weighted by Gasteiger charge is 2.26. The first kappa shape index (κ1) is 19.8. The van der Waals surface area contributed by atoms with Crippen LogP contribution in [0, 0.1) is 0 Å². The predicted molar refractivity (Wildman–Crippen MR) is 112 cm³/mol. The molecule has 2 aromatic carbocycles. The van der Waals surface area contributed by atoms with E-state index in [0.29, 0.717) is 21.8 Å². The zero-order chi connectivity index (χ0) is 19.4. The molecule has 0 aromatic heterocycles. The van der Waals surface area contributed by atoms with Crippen molar-refractivity contribution in [2.45, 2.75) is 37.1 Å². The largest absolute Gasteiger partial charge is 0.336 e. The first-order valence-corrected chi connectivity index (χ1v) is 10.7. The van der Waals surface area contributed by atoms with Crippen molar-refractivity contribution < 1.29 is 9.59 Å². The quantitative estimate of drug-likeness (QED) is 0.703. The van der Waals surface area contributed by atoms with Crippen molar-refractivity contribution in [3.63, 3.8) is 0 Å². The molecule has 1 aliphatic heterocycles. The first-order chi connectivity index (χ1) is 13.0. The highest BCUT2D eigenvalue weighted by molar-refractivity contribution is 7.98. The molecule has 6 heteroatoms. The lowest BCUT2D eigenvalue weighted by Crippen LogP contribution is -2.42. The summed E-state index contributed by atoms with van der Waals surface area (Å²) in [6.45, 7) is 2.83. The topological polar surface area (TPSA) is 49.4 Å². The minimum Gasteiger partial charge on any atom is -0.336 e. The Morgan fingerprint density at radius 1 is 1.15 bits per heavy atom. The van der Waals surface area contributed by atoms with E-state index in [1.54, 1.807) is 36.0 Å². The van der Waals surface area contributed by atoms with E-state index in [4.69, 9.17) is 11.6 Å². The summed E-state index contributed by atoms with van der Waals surface area (Å²) in [5.74, 6) is -0.357. The SMILES string of the molecule is CSc1ccc(Cl)c(C(=O)Nc2ccccc2C(=O)N2CCCC[C@H]2C)c1. The Bertz CT molecular complexity index is 856. The van der Waals surface area contributed by atoms with Gasteiger partial charge in [-0.15, -0.1) is 11.8 Å². The number of benzene rings is 2. The van der Waals surface area contributed by atoms with Gasteiger partial charge in [-0.1, -0.05) is 23.7 Å². The highest BCUT2D eigenvalue weighted by atomic mass is 35.5. The van der Waals surface area contributed by atoms with Crippen LogP contribution in [0.3, 0.4) is 0 Å². The number of thioether (sulfide) groups is 1. The number of nitrogens with one attached hydrogen (secondary N) is 1. The summed E-state index contributed by atoms with van der Waals surface area (Å²) in [4.78, 5) is 28.7. The number of halogens is 1. The first-order valence-electron chi connectivity index (χ1n) is 9.06. The molecule has 0 radical (unpaired) electrons. The van der Waals surface area contributed by atoms with Crippen LogP contribution >= 0.6 is 23.4 Å². The van der Waals surface area contributed by atoms with Crippen LogP contribution in [0.4, 0.5) is 5.69 Å². The molecule has 0 spiro atoms. The fourth-order valence-corrected chi connectivity index (χ4v) is 3.97. The number of para-hydroxylation sites is 1. The van der Waals surface area contributed by atoms with Gasteiger partial charge < -0.3 is 10.2 Å². The average Bonchev–Trinajstić information content (AvgIpc) is 2.68. The number of nitrogens with zero attached hydrogens (tertiary/aromatic N) is 1. The van der Waals surface area contributed by atoms with Crippen LogP contribution in [0.1, 0.15) is 46.9 Å². The lowest BCUT2D eigenvalue weighted by Gasteiger charge is -2.34. The molecule has 1 saturated heterocycles. The second-order valence-corrected chi connectivity index (χ2v) is 7.98. The second kappa shape index (κ2) is 8.81. The number of carbonyl (C=O) groups excluding carboxylic acids is 2. The maximum absolute atomic E-state index is 13.1. The Morgan fingerprint density at radius 3 is 2.67 bits per heavy atom. The van der Waals surface area contributed by atoms with Gasteiger partial charge in [0.05, 0.1) is 21.8 Å². The molecular weight excluding hydrogens is 380 g/mol. The van der Waals surface area contributed by atoms with Crippen molar-refractivity contribution >= 4 is 40.9 Å². The summed E-state index contributed by atoms with van der Waals surface area (Å²) < 4.78 is 0. The highest BCUT2D eigenvalue weighted by Crippen LogP contribution is 2.26. The molecule has 3 rings (SSSR count). The standard InChI is InChI=1S/C21H23ClN2O2S/c1-14-7-5-6-12-24(14)21(26)16-8-3-4-9-19(16)23-20(25)17-13-15(27-2)10-11-18(17)22/h3-4,8-11,13-14H,5-7,12H2,1-2H3,(H,23,25)/t14-/m1/s1. The maximum atomic E-state index is 13.1. The Hall–Kier alpha value is -1.98. The van der Waals surface area contributed by atoms with Gasteiger partial charge in [-0.25, -0.2) is 0 Å². The van der Waals surface area contributed by atoms with Crippen LogP contribution in [0.25, 0.3) is 0 Å². The van der Waals surface area contributed by atoms with E-state index in [1.807, 2.05) is 29.4 Å². The van der Waals surface area contributed by atoms with Crippen molar-refractivity contribution in [3.05, 3.63) is 58.6 Å². The molecule has 1 fully saturated rings. The molecule has 2 aromatic rings. The molecule has 1 N–H and O–H groups in total. The van der Waals surface area contributed by atoms with Crippen LogP contribution in [0.5, 0.6) is 0 Å². The van der Waals surface area contributed by atoms with Crippen molar-refractivity contribution in [1.82, 2.24) is 4.90 Å². The van der Waals surface area contributed by atoms with E-state index in [9.17, 15) is 9.59 Å². The molecule has 27 heavy (non-hydrogen) atoms. The fraction of sp³-hybridized carbons (Fsp3) is 0.333. The number of piperidine rings is 1. The van der Waals surface area contributed by atoms with Gasteiger partial charge in [-0.3, -0.25) is 9.59 Å². The zero-order valence-corrected chi connectivity index (χ0v) is 17.1. The number of rotatable bonds is 4. The minimum absolute atomic E-state index is 0.0398. The summed E-state index contributed by atoms with van der Waals surface area (Å²) in [5.41, 5.74) is 1.42. The maximum Gasteiger partial charge on any atom is 0.257 e. The summed E-state index contributed by atoms with van der Waals surface area (Å²) in [6.07, 6.45) is 5.12. The Balaban J connectivity index is 1.86. The molecule has 1 heterocycles. The normalized spacial score (nSPS) is 16.9. The van der Waals surface area contributed by atoms with Gasteiger partial charge in [0, 0.05) is 17.5 Å². The number of amides is 2. The molecule has 2 amide bonds. The van der Waals surface area contributed by atoms with E-state index < -0.39 is 0 Å². The van der Waals surface area contributed by atoms with Gasteiger partial charge in [-0.2, -0.15) is 0 Å². The van der Waals surface area contributed by atoms with E-state index in [2.05, 4.69) is 12.2 Å². The van der Waals surface area contributed by atoms with Gasteiger partial charge >= 0.3 is 0 Å². The van der Waals surface area contributed by atoms with Crippen LogP contribution in [0.2, 0.25) is 5.02 Å². The Labute approximate surface area is 169 Å². The molecular formula is C21H23ClN2O2S. The van der Waals surface area contributed by atoms with E-state index in [1.165, 1.54) is 0 Å². The molecule has 4 nitrogen and oxygen atoms in total. The summed E-state index contributed by atoms with van der Waals surface area (Å²) in [7, 11) is 0. The Kier molecular flexibility index (Phi) is 6.45. The van der Waals surface area contributed by atoms with E-state index in [0.717, 1.165) is 30.7 Å². The monoisotopic (exact) mass is 402 g/mol. The third-order valence-electron chi connectivity index (χ3n) is 4.89. The number of carbonyl (C=O) groups is 2. The zero-order valence-electron chi connectivity index (χ0n) is 15.5. The average molecular weight is 403 g/mol. The minimum atomic E-state index is -0.317. The number of hydrogen-bond donors (Lipinski definition) is 1. The Morgan fingerprint density at radius 2 is 1.93 bits per heavy atom. The summed E-state index contributed by atoms with van der Waals surface area (Å²) in [6, 6.07) is 12.7. The molecule has 1 aliphatic rings. The van der Waals surface area contributed by atoms with Crippen LogP contribution in [-0.4, -0.2) is 35.6 Å². The molecule has 0 unspecified atom stereocenters. The number of likely N-dealkylation sites (tertiary alicyclic amines) is 1. The third-order valence-corrected chi connectivity index (χ3v) is 5.94. The van der Waals surface area contributed by atoms with Crippen LogP contribution < -0.4 is 5.32 Å². The third kappa shape index (κ3) is 4.47. The van der Waals surface area contributed by atoms with Gasteiger partial charge in [-0.05, 0) is 62.8 Å². The molecule has 0 saturated carbocycles. The molecule has 0 aliphatic carbocycles. The van der Waals surface area contributed by atoms with Crippen molar-refractivity contribution in [2.24, 2.45) is 0 Å². The van der Waals surface area contributed by atoms with Crippen LogP contribution in [0.15, 0.2) is 47.4 Å². The van der Waals surface area contributed by atoms with E-state index >= 15 is 0 Å². The fourth-order valence-electron chi connectivity index (χ4n) is 3.33. The van der Waals surface area contributed by atoms with Gasteiger partial charge in [0.15, 0.2) is 0 Å². The van der Waals surface area contributed by atoms with Crippen LogP contribution in [-0.2, 0) is 0 Å². The van der Waals surface area contributed by atoms with Gasteiger partial charge in [0.25, 0.3) is 11.8 Å². The second-order valence-electron chi connectivity index (χ2n) is 6.69. The van der Waals surface area contributed by atoms with E-state index in [-0.39, 0.29) is 17.9 Å². The molecule has 0 bridgehead atoms. The lowest BCUT2D eigenvalue weighted by atomic mass is 10.0. The molecule has 142 valence electrons. The van der Waals surface area contributed by atoms with Gasteiger partial charge in [0.1, 0.15) is 0 Å². The van der Waals surface area contributed by atoms with Crippen molar-refractivity contribution in [1.29, 1.82) is 0 Å². The number of anilines is 1. The smallest absolute Gasteiger partial charge is 0.257 e. The summed E-state index contributed by atoms with van der Waals surface area (Å²) in [5, 5.41) is 3.26. The summed E-state index contributed by atoms with van der Waals surface area (Å²) >= 11 is 7.76. The lowest BCUT2D eigenvalue weighted by molar-refractivity contribution is 0.0636. The number of hydrogen-bond acceptors (Lipinski definition) is 3. The van der Waals surface area contributed by atoms with Gasteiger partial charge in [0.2, 0.25) is 0 Å².